The van der Waals surface area contributed by atoms with Crippen molar-refractivity contribution in [3.63, 3.8) is 0 Å². The van der Waals surface area contributed by atoms with Crippen molar-refractivity contribution in [2.24, 2.45) is 5.73 Å². The Kier molecular flexibility index (Phi) is 4.95. The van der Waals surface area contributed by atoms with Gasteiger partial charge in [-0.1, -0.05) is 30.3 Å². The highest BCUT2D eigenvalue weighted by atomic mass is 19.1. The lowest BCUT2D eigenvalue weighted by Gasteiger charge is -2.18. The van der Waals surface area contributed by atoms with Crippen molar-refractivity contribution in [3.05, 3.63) is 65.0 Å². The minimum Gasteiger partial charge on any atom is -0.368 e. The van der Waals surface area contributed by atoms with Crippen molar-refractivity contribution in [1.29, 1.82) is 0 Å². The van der Waals surface area contributed by atoms with Crippen LogP contribution < -0.4 is 16.4 Å². The third-order valence-corrected chi connectivity index (χ3v) is 3.48. The van der Waals surface area contributed by atoms with E-state index in [0.717, 1.165) is 11.1 Å². The predicted octanol–water partition coefficient (Wildman–Crippen LogP) is 2.79. The number of primary amides is 1. The third-order valence-electron chi connectivity index (χ3n) is 3.48. The first-order valence-electron chi connectivity index (χ1n) is 7.07. The number of nitrogens with two attached hydrogens (primary N) is 1. The van der Waals surface area contributed by atoms with Gasteiger partial charge in [0.25, 0.3) is 0 Å². The van der Waals surface area contributed by atoms with Gasteiger partial charge in [-0.05, 0) is 42.7 Å². The molecule has 1 atom stereocenters. The number of anilines is 1. The lowest BCUT2D eigenvalue weighted by Crippen LogP contribution is -2.40. The molecule has 0 saturated heterocycles. The van der Waals surface area contributed by atoms with E-state index in [1.165, 1.54) is 24.3 Å². The Morgan fingerprint density at radius 1 is 1.04 bits per heavy atom. The highest BCUT2D eigenvalue weighted by molar-refractivity contribution is 5.94. The van der Waals surface area contributed by atoms with E-state index >= 15 is 0 Å². The minimum atomic E-state index is -1.04. The fourth-order valence-electron chi connectivity index (χ4n) is 2.27. The molecule has 2 rings (SSSR count). The van der Waals surface area contributed by atoms with Crippen molar-refractivity contribution in [2.45, 2.75) is 19.9 Å². The molecule has 23 heavy (non-hydrogen) atoms. The molecule has 2 aromatic carbocycles. The summed E-state index contributed by atoms with van der Waals surface area (Å²) < 4.78 is 13.0. The number of hydrogen-bond acceptors (Lipinski definition) is 2. The molecule has 3 amide bonds. The van der Waals surface area contributed by atoms with E-state index in [2.05, 4.69) is 10.6 Å². The first-order chi connectivity index (χ1) is 10.9. The van der Waals surface area contributed by atoms with Crippen LogP contribution in [0, 0.1) is 19.7 Å². The largest absolute Gasteiger partial charge is 0.368 e. The summed E-state index contributed by atoms with van der Waals surface area (Å²) >= 11 is 0. The van der Waals surface area contributed by atoms with Crippen molar-refractivity contribution in [3.8, 4) is 0 Å². The summed E-state index contributed by atoms with van der Waals surface area (Å²) in [7, 11) is 0. The second-order valence-corrected chi connectivity index (χ2v) is 5.25. The number of amides is 3. The third kappa shape index (κ3) is 4.06. The Hall–Kier alpha value is -2.89. The first kappa shape index (κ1) is 16.5. The number of halogens is 1. The van der Waals surface area contributed by atoms with Gasteiger partial charge in [0, 0.05) is 5.69 Å². The summed E-state index contributed by atoms with van der Waals surface area (Å²) in [5.41, 5.74) is 8.22. The SMILES string of the molecule is Cc1cccc(C)c1NC(=O)N[C@H](C(N)=O)c1ccc(F)cc1. The van der Waals surface area contributed by atoms with Crippen LogP contribution in [-0.2, 0) is 4.79 Å². The molecule has 0 saturated carbocycles. The summed E-state index contributed by atoms with van der Waals surface area (Å²) in [5, 5.41) is 5.22. The van der Waals surface area contributed by atoms with E-state index in [4.69, 9.17) is 5.73 Å². The zero-order chi connectivity index (χ0) is 17.0. The number of nitrogens with one attached hydrogen (secondary N) is 2. The summed E-state index contributed by atoms with van der Waals surface area (Å²) in [6.07, 6.45) is 0. The molecule has 120 valence electrons. The average Bonchev–Trinajstić information content (AvgIpc) is 2.49. The molecule has 5 nitrogen and oxygen atoms in total. The highest BCUT2D eigenvalue weighted by Gasteiger charge is 2.20. The molecule has 2 aromatic rings. The summed E-state index contributed by atoms with van der Waals surface area (Å²) in [6, 6.07) is 9.25. The van der Waals surface area contributed by atoms with Gasteiger partial charge in [-0.3, -0.25) is 4.79 Å². The van der Waals surface area contributed by atoms with Crippen molar-refractivity contribution in [1.82, 2.24) is 5.32 Å². The van der Waals surface area contributed by atoms with Gasteiger partial charge in [-0.2, -0.15) is 0 Å². The number of urea groups is 1. The van der Waals surface area contributed by atoms with Crippen LogP contribution in [0.15, 0.2) is 42.5 Å². The molecule has 0 bridgehead atoms. The molecule has 0 aromatic heterocycles. The van der Waals surface area contributed by atoms with Gasteiger partial charge in [0.2, 0.25) is 5.91 Å². The molecule has 0 aliphatic heterocycles. The van der Waals surface area contributed by atoms with E-state index in [0.29, 0.717) is 11.3 Å². The molecule has 0 aliphatic carbocycles. The summed E-state index contributed by atoms with van der Waals surface area (Å²) in [6.45, 7) is 3.74. The number of carbonyl (C=O) groups is 2. The lowest BCUT2D eigenvalue weighted by molar-refractivity contribution is -0.119. The topological polar surface area (TPSA) is 84.2 Å². The standard InChI is InChI=1S/C17H18FN3O2/c1-10-4-3-5-11(2)14(10)20-17(23)21-15(16(19)22)12-6-8-13(18)9-7-12/h3-9,15H,1-2H3,(H2,19,22)(H2,20,21,23)/t15-/m0/s1. The molecule has 0 radical (unpaired) electrons. The Labute approximate surface area is 133 Å². The smallest absolute Gasteiger partial charge is 0.320 e. The number of benzene rings is 2. The van der Waals surface area contributed by atoms with Crippen LogP contribution >= 0.6 is 0 Å². The van der Waals surface area contributed by atoms with E-state index in [1.807, 2.05) is 32.0 Å². The van der Waals surface area contributed by atoms with Crippen LogP contribution in [0.25, 0.3) is 0 Å². The van der Waals surface area contributed by atoms with Gasteiger partial charge in [0.05, 0.1) is 0 Å². The minimum absolute atomic E-state index is 0.413. The van der Waals surface area contributed by atoms with Crippen molar-refractivity contribution < 1.29 is 14.0 Å². The Morgan fingerprint density at radius 3 is 2.13 bits per heavy atom. The van der Waals surface area contributed by atoms with Gasteiger partial charge in [-0.15, -0.1) is 0 Å². The van der Waals surface area contributed by atoms with Crippen LogP contribution in [0.3, 0.4) is 0 Å². The van der Waals surface area contributed by atoms with Crippen LogP contribution in [0.4, 0.5) is 14.9 Å². The summed E-state index contributed by atoms with van der Waals surface area (Å²) in [4.78, 5) is 23.8. The van der Waals surface area contributed by atoms with Gasteiger partial charge >= 0.3 is 6.03 Å². The number of carbonyl (C=O) groups excluding carboxylic acids is 2. The van der Waals surface area contributed by atoms with Crippen LogP contribution in [-0.4, -0.2) is 11.9 Å². The molecular formula is C17H18FN3O2. The Balaban J connectivity index is 2.16. The van der Waals surface area contributed by atoms with Gasteiger partial charge < -0.3 is 16.4 Å². The predicted molar refractivity (Wildman–Crippen MR) is 86.4 cm³/mol. The second-order valence-electron chi connectivity index (χ2n) is 5.25. The van der Waals surface area contributed by atoms with Gasteiger partial charge in [-0.25, -0.2) is 9.18 Å². The van der Waals surface area contributed by atoms with E-state index in [9.17, 15) is 14.0 Å². The van der Waals surface area contributed by atoms with E-state index in [1.54, 1.807) is 0 Å². The number of para-hydroxylation sites is 1. The average molecular weight is 315 g/mol. The molecule has 0 aliphatic rings. The van der Waals surface area contributed by atoms with Crippen LogP contribution in [0.1, 0.15) is 22.7 Å². The highest BCUT2D eigenvalue weighted by Crippen LogP contribution is 2.20. The maximum atomic E-state index is 13.0. The monoisotopic (exact) mass is 315 g/mol. The van der Waals surface area contributed by atoms with Crippen molar-refractivity contribution in [2.75, 3.05) is 5.32 Å². The fraction of sp³-hybridized carbons (Fsp3) is 0.176. The van der Waals surface area contributed by atoms with Crippen LogP contribution in [0.2, 0.25) is 0 Å². The Morgan fingerprint density at radius 2 is 1.61 bits per heavy atom. The zero-order valence-electron chi connectivity index (χ0n) is 12.9. The molecular weight excluding hydrogens is 297 g/mol. The number of hydrogen-bond donors (Lipinski definition) is 3. The quantitative estimate of drug-likeness (QED) is 0.810. The molecule has 0 spiro atoms. The second kappa shape index (κ2) is 6.91. The molecule has 0 unspecified atom stereocenters. The van der Waals surface area contributed by atoms with E-state index in [-0.39, 0.29) is 0 Å². The molecule has 0 heterocycles. The van der Waals surface area contributed by atoms with Gasteiger partial charge in [0.1, 0.15) is 11.9 Å². The molecule has 6 heteroatoms. The normalized spacial score (nSPS) is 11.6. The first-order valence-corrected chi connectivity index (χ1v) is 7.07. The number of rotatable bonds is 4. The maximum Gasteiger partial charge on any atom is 0.320 e. The van der Waals surface area contributed by atoms with Crippen molar-refractivity contribution >= 4 is 17.6 Å². The summed E-state index contributed by atoms with van der Waals surface area (Å²) in [5.74, 6) is -1.16. The van der Waals surface area contributed by atoms with Crippen LogP contribution in [0.5, 0.6) is 0 Å². The fourth-order valence-corrected chi connectivity index (χ4v) is 2.27. The molecule has 4 N–H and O–H groups in total. The molecule has 0 fully saturated rings. The number of aryl methyl sites for hydroxylation is 2. The maximum absolute atomic E-state index is 13.0. The van der Waals surface area contributed by atoms with Gasteiger partial charge in [0.15, 0.2) is 0 Å². The zero-order valence-corrected chi connectivity index (χ0v) is 12.9. The van der Waals surface area contributed by atoms with E-state index < -0.39 is 23.8 Å². The lowest BCUT2D eigenvalue weighted by atomic mass is 10.1. The Bertz CT molecular complexity index is 709.